The Hall–Kier alpha value is -5.97. The van der Waals surface area contributed by atoms with Crippen molar-refractivity contribution in [2.24, 2.45) is 23.2 Å². The molecular formula is C53H59FN10O5. The molecule has 0 radical (unpaired) electrons. The van der Waals surface area contributed by atoms with Gasteiger partial charge in [-0.25, -0.2) is 4.39 Å². The number of likely N-dealkylation sites (tertiary alicyclic amines) is 1. The molecule has 5 saturated heterocycles. The van der Waals surface area contributed by atoms with E-state index >= 15 is 4.39 Å². The number of piperidine rings is 2. The molecule has 358 valence electrons. The summed E-state index contributed by atoms with van der Waals surface area (Å²) in [6.07, 6.45) is 7.45. The first-order valence-corrected chi connectivity index (χ1v) is 25.3. The molecule has 69 heavy (non-hydrogen) atoms. The second kappa shape index (κ2) is 16.6. The number of nitrogens with one attached hydrogen (secondary N) is 2. The topological polar surface area (TPSA) is 160 Å². The normalized spacial score (nSPS) is 27.3. The second-order valence-electron chi connectivity index (χ2n) is 21.4. The molecule has 16 heteroatoms. The van der Waals surface area contributed by atoms with Crippen LogP contribution in [0.25, 0.3) is 32.9 Å². The van der Waals surface area contributed by atoms with Gasteiger partial charge in [0, 0.05) is 119 Å². The minimum Gasteiger partial charge on any atom is -0.508 e. The van der Waals surface area contributed by atoms with Crippen molar-refractivity contribution >= 4 is 50.9 Å². The number of halogens is 1. The third kappa shape index (κ3) is 7.73. The molecular weight excluding hydrogens is 876 g/mol. The highest BCUT2D eigenvalue weighted by atomic mass is 19.1. The average Bonchev–Trinajstić information content (AvgIpc) is 4.08. The van der Waals surface area contributed by atoms with Gasteiger partial charge >= 0.3 is 6.01 Å². The van der Waals surface area contributed by atoms with Crippen LogP contribution in [-0.4, -0.2) is 143 Å². The standard InChI is InChI=1S/C53H59FN10O5/c1-2-30-4-3-5-31-19-36(65)20-38(45(30)31)47-46(54)48-39(21-55-47)49(63-23-33-6-7-34(24-63)56-33)59-52(58-48)69-29-53(12-13-53)28-61-26-41-40(42(41)27-61)25-60-14-16-62(17-15-60)35-8-9-37-32(18-35)22-64(51(37)68)43-10-11-44(66)57-50(43)67/h3-5,8-9,18-21,33-34,40-43,56,65H,2,6-7,10-17,22-29H2,1H3,(H,57,66,67)/t33?,34?,40?,41-,42+,43-/m0/s1. The highest BCUT2D eigenvalue weighted by molar-refractivity contribution is 6.06. The number of phenolic OH excluding ortho intramolecular Hbond substituents is 1. The number of carbonyl (C=O) groups excluding carboxylic acids is 3. The zero-order valence-electron chi connectivity index (χ0n) is 39.1. The highest BCUT2D eigenvalue weighted by Crippen LogP contribution is 2.55. The van der Waals surface area contributed by atoms with Crippen molar-refractivity contribution in [1.29, 1.82) is 0 Å². The third-order valence-corrected chi connectivity index (χ3v) is 17.0. The minimum absolute atomic E-state index is 0.0301. The van der Waals surface area contributed by atoms with E-state index in [1.807, 2.05) is 30.3 Å². The van der Waals surface area contributed by atoms with Crippen LogP contribution < -0.4 is 25.2 Å². The number of aromatic hydroxyl groups is 1. The van der Waals surface area contributed by atoms with Gasteiger partial charge in [-0.2, -0.15) is 9.97 Å². The molecule has 5 aromatic rings. The van der Waals surface area contributed by atoms with Crippen LogP contribution in [0.1, 0.15) is 66.9 Å². The summed E-state index contributed by atoms with van der Waals surface area (Å²) in [5.41, 5.74) is 4.69. The zero-order chi connectivity index (χ0) is 46.7. The molecule has 13 rings (SSSR count). The number of imide groups is 1. The maximum Gasteiger partial charge on any atom is 0.319 e. The van der Waals surface area contributed by atoms with E-state index in [1.54, 1.807) is 23.2 Å². The van der Waals surface area contributed by atoms with Gasteiger partial charge in [-0.05, 0) is 109 Å². The van der Waals surface area contributed by atoms with Crippen molar-refractivity contribution in [3.05, 3.63) is 77.2 Å². The molecule has 3 amide bonds. The Morgan fingerprint density at radius 2 is 1.68 bits per heavy atom. The first-order chi connectivity index (χ1) is 33.6. The van der Waals surface area contributed by atoms with E-state index in [9.17, 15) is 19.5 Å². The molecule has 3 aromatic carbocycles. The molecule has 3 N–H and O–H groups in total. The smallest absolute Gasteiger partial charge is 0.319 e. The summed E-state index contributed by atoms with van der Waals surface area (Å²) >= 11 is 0. The van der Waals surface area contributed by atoms with Crippen molar-refractivity contribution < 1.29 is 28.6 Å². The lowest BCUT2D eigenvalue weighted by Crippen LogP contribution is -2.52. The lowest BCUT2D eigenvalue weighted by Gasteiger charge is -2.37. The average molecular weight is 935 g/mol. The van der Waals surface area contributed by atoms with Gasteiger partial charge in [0.1, 0.15) is 28.8 Å². The van der Waals surface area contributed by atoms with E-state index < -0.39 is 11.9 Å². The summed E-state index contributed by atoms with van der Waals surface area (Å²) in [6.45, 7) is 12.7. The quantitative estimate of drug-likeness (QED) is 0.142. The van der Waals surface area contributed by atoms with E-state index in [1.165, 1.54) is 0 Å². The highest BCUT2D eigenvalue weighted by Gasteiger charge is 2.57. The van der Waals surface area contributed by atoms with Crippen LogP contribution in [0.15, 0.2) is 54.7 Å². The van der Waals surface area contributed by atoms with Crippen LogP contribution in [0.2, 0.25) is 0 Å². The molecule has 2 bridgehead atoms. The summed E-state index contributed by atoms with van der Waals surface area (Å²) in [4.78, 5) is 63.6. The van der Waals surface area contributed by atoms with Gasteiger partial charge in [-0.3, -0.25) is 29.6 Å². The fraction of sp³-hybridized carbons (Fsp3) is 0.509. The van der Waals surface area contributed by atoms with Crippen molar-refractivity contribution in [1.82, 2.24) is 40.3 Å². The second-order valence-corrected chi connectivity index (χ2v) is 21.4. The number of aryl methyl sites for hydroxylation is 1. The fourth-order valence-corrected chi connectivity index (χ4v) is 13.1. The van der Waals surface area contributed by atoms with Gasteiger partial charge in [-0.1, -0.05) is 25.1 Å². The summed E-state index contributed by atoms with van der Waals surface area (Å²) in [6, 6.07) is 15.6. The monoisotopic (exact) mass is 934 g/mol. The molecule has 8 aliphatic rings. The number of anilines is 2. The molecule has 6 aliphatic heterocycles. The van der Waals surface area contributed by atoms with Gasteiger partial charge in [0.15, 0.2) is 5.82 Å². The number of amides is 3. The number of hydrogen-bond donors (Lipinski definition) is 3. The first kappa shape index (κ1) is 43.1. The first-order valence-electron chi connectivity index (χ1n) is 25.3. The molecule has 8 heterocycles. The van der Waals surface area contributed by atoms with Crippen LogP contribution in [0.3, 0.4) is 0 Å². The Balaban J connectivity index is 0.647. The molecule has 6 atom stereocenters. The fourth-order valence-electron chi connectivity index (χ4n) is 13.1. The number of benzene rings is 3. The number of aromatic nitrogens is 3. The van der Waals surface area contributed by atoms with Crippen LogP contribution in [-0.2, 0) is 22.6 Å². The summed E-state index contributed by atoms with van der Waals surface area (Å²) in [5, 5.41) is 19.2. The van der Waals surface area contributed by atoms with Crippen molar-refractivity contribution in [2.45, 2.75) is 76.5 Å². The number of piperazine rings is 2. The Morgan fingerprint density at radius 1 is 0.884 bits per heavy atom. The van der Waals surface area contributed by atoms with Crippen LogP contribution in [0.5, 0.6) is 11.8 Å². The Morgan fingerprint density at radius 3 is 2.43 bits per heavy atom. The number of phenols is 1. The predicted molar refractivity (Wildman–Crippen MR) is 259 cm³/mol. The van der Waals surface area contributed by atoms with Gasteiger partial charge in [0.25, 0.3) is 5.91 Å². The number of rotatable bonds is 12. The number of nitrogens with zero attached hydrogens (tertiary/aromatic N) is 8. The molecule has 0 spiro atoms. The maximum absolute atomic E-state index is 17.2. The van der Waals surface area contributed by atoms with Crippen LogP contribution >= 0.6 is 0 Å². The van der Waals surface area contributed by atoms with Gasteiger partial charge in [0.05, 0.1) is 12.0 Å². The van der Waals surface area contributed by atoms with E-state index in [0.29, 0.717) is 54.0 Å². The number of hydrogen-bond acceptors (Lipinski definition) is 13. The molecule has 3 unspecified atom stereocenters. The Labute approximate surface area is 400 Å². The molecule has 7 fully saturated rings. The third-order valence-electron chi connectivity index (χ3n) is 17.0. The molecule has 15 nitrogen and oxygen atoms in total. The van der Waals surface area contributed by atoms with Gasteiger partial charge in [-0.15, -0.1) is 0 Å². The lowest BCUT2D eigenvalue weighted by molar-refractivity contribution is -0.136. The Kier molecular flexibility index (Phi) is 10.4. The maximum atomic E-state index is 17.2. The minimum atomic E-state index is -0.604. The van der Waals surface area contributed by atoms with Gasteiger partial charge < -0.3 is 34.8 Å². The number of fused-ring (bicyclic) bond motifs is 6. The van der Waals surface area contributed by atoms with Crippen molar-refractivity contribution in [2.75, 3.05) is 81.9 Å². The number of pyridine rings is 1. The van der Waals surface area contributed by atoms with Crippen molar-refractivity contribution in [3.63, 3.8) is 0 Å². The number of carbonyl (C=O) groups is 3. The molecule has 2 aromatic heterocycles. The largest absolute Gasteiger partial charge is 0.508 e. The summed E-state index contributed by atoms with van der Waals surface area (Å²) < 4.78 is 23.7. The van der Waals surface area contributed by atoms with E-state index in [-0.39, 0.29) is 52.5 Å². The SMILES string of the molecule is CCc1cccc2cc(O)cc(-c3ncc4c(N5CC6CCC(C5)N6)nc(OCC5(CN6C[C@@H]7C(CN8CCN(c9ccc%10c(c9)CN([C@H]9CCC(=O)NC9=O)C%10=O)CC8)[C@@H]7C6)CC5)nc4c3F)c12. The predicted octanol–water partition coefficient (Wildman–Crippen LogP) is 5.11. The van der Waals surface area contributed by atoms with E-state index in [2.05, 4.69) is 43.2 Å². The van der Waals surface area contributed by atoms with Crippen molar-refractivity contribution in [3.8, 4) is 23.0 Å². The zero-order valence-corrected chi connectivity index (χ0v) is 39.1. The molecule has 2 saturated carbocycles. The van der Waals surface area contributed by atoms with E-state index in [4.69, 9.17) is 19.7 Å². The summed E-state index contributed by atoms with van der Waals surface area (Å²) in [5.74, 6) is 1.58. The Bertz CT molecular complexity index is 2920. The number of ether oxygens (including phenoxy) is 1. The summed E-state index contributed by atoms with van der Waals surface area (Å²) in [7, 11) is 0. The van der Waals surface area contributed by atoms with Gasteiger partial charge in [0.2, 0.25) is 11.8 Å². The molecule has 2 aliphatic carbocycles. The van der Waals surface area contributed by atoms with Crippen LogP contribution in [0.4, 0.5) is 15.9 Å². The lowest BCUT2D eigenvalue weighted by atomic mass is 9.95. The van der Waals surface area contributed by atoms with E-state index in [0.717, 1.165) is 143 Å². The van der Waals surface area contributed by atoms with Crippen LogP contribution in [0, 0.1) is 29.0 Å².